The molecule has 0 aliphatic carbocycles. The molecule has 11 heavy (non-hydrogen) atoms. The van der Waals surface area contributed by atoms with Crippen LogP contribution in [0.3, 0.4) is 0 Å². The van der Waals surface area contributed by atoms with E-state index in [0.717, 1.165) is 5.67 Å². The van der Waals surface area contributed by atoms with E-state index in [2.05, 4.69) is 26.2 Å². The highest BCUT2D eigenvalue weighted by Gasteiger charge is 2.42. The van der Waals surface area contributed by atoms with Crippen molar-refractivity contribution >= 4 is 24.9 Å². The minimum atomic E-state index is -2.13. The number of rotatable bonds is 0. The van der Waals surface area contributed by atoms with E-state index in [1.807, 2.05) is 0 Å². The average Bonchev–Trinajstić information content (AvgIpc) is 1.49. The summed E-state index contributed by atoms with van der Waals surface area (Å²) in [4.78, 5) is 0. The lowest BCUT2D eigenvalue weighted by atomic mass is 11.8. The molecule has 6 heteroatoms. The van der Waals surface area contributed by atoms with Crippen LogP contribution in [0, 0.1) is 0 Å². The Morgan fingerprint density at radius 3 is 1.73 bits per heavy atom. The van der Waals surface area contributed by atoms with E-state index in [0.29, 0.717) is 0 Å². The second-order valence-corrected chi connectivity index (χ2v) is 14.7. The molecule has 1 aliphatic heterocycles. The highest BCUT2D eigenvalue weighted by Crippen LogP contribution is 2.42. The van der Waals surface area contributed by atoms with Gasteiger partial charge < -0.3 is 8.43 Å². The first-order chi connectivity index (χ1) is 4.81. The maximum absolute atomic E-state index is 11.1. The summed E-state index contributed by atoms with van der Waals surface area (Å²) < 4.78 is 21.7. The Hall–Kier alpha value is 0.584. The molecule has 0 amide bonds. The van der Waals surface area contributed by atoms with E-state index < -0.39 is 24.9 Å². The fourth-order valence-corrected chi connectivity index (χ4v) is 15.8. The molecule has 0 atom stereocenters. The third-order valence-electron chi connectivity index (χ3n) is 1.57. The Bertz CT molecular complexity index is 174. The van der Waals surface area contributed by atoms with Gasteiger partial charge in [0.1, 0.15) is 0 Å². The van der Waals surface area contributed by atoms with Gasteiger partial charge in [-0.2, -0.15) is 0 Å². The van der Waals surface area contributed by atoms with E-state index in [1.165, 1.54) is 0 Å². The van der Waals surface area contributed by atoms with Crippen molar-refractivity contribution in [1.82, 2.24) is 0 Å². The van der Waals surface area contributed by atoms with Gasteiger partial charge in [-0.25, -0.2) is 0 Å². The summed E-state index contributed by atoms with van der Waals surface area (Å²) in [6.07, 6.45) is 0. The zero-order valence-electron chi connectivity index (χ0n) is 7.43. The van der Waals surface area contributed by atoms with Crippen molar-refractivity contribution in [1.29, 1.82) is 0 Å². The van der Waals surface area contributed by atoms with Gasteiger partial charge in [-0.1, -0.05) is 0 Å². The molecule has 0 N–H and O–H groups in total. The SMILES string of the molecule is C[Si]1(C)C[Si](C)(C)O[PH](=O)O1. The molecule has 0 radical (unpaired) electrons. The fourth-order valence-electron chi connectivity index (χ4n) is 1.57. The van der Waals surface area contributed by atoms with Gasteiger partial charge in [-0.3, -0.25) is 4.57 Å². The Balaban J connectivity index is 2.74. The van der Waals surface area contributed by atoms with Crippen LogP contribution in [-0.4, -0.2) is 16.6 Å². The summed E-state index contributed by atoms with van der Waals surface area (Å²) in [5, 5.41) is 0. The van der Waals surface area contributed by atoms with Crippen LogP contribution in [0.15, 0.2) is 0 Å². The molecular formula is C5H15O3PSi2. The third-order valence-corrected chi connectivity index (χ3v) is 14.1. The van der Waals surface area contributed by atoms with Crippen molar-refractivity contribution in [3.63, 3.8) is 0 Å². The van der Waals surface area contributed by atoms with Gasteiger partial charge in [0.2, 0.25) is 0 Å². The number of hydrogen-bond acceptors (Lipinski definition) is 3. The van der Waals surface area contributed by atoms with Crippen LogP contribution < -0.4 is 0 Å². The summed E-state index contributed by atoms with van der Waals surface area (Å²) in [6.45, 7) is 8.42. The van der Waals surface area contributed by atoms with E-state index in [4.69, 9.17) is 8.43 Å². The Labute approximate surface area is 70.3 Å². The molecule has 1 fully saturated rings. The lowest BCUT2D eigenvalue weighted by Crippen LogP contribution is -2.45. The monoisotopic (exact) mass is 210 g/mol. The van der Waals surface area contributed by atoms with Crippen LogP contribution in [-0.2, 0) is 13.0 Å². The largest absolute Gasteiger partial charge is 0.353 e. The molecule has 1 heterocycles. The van der Waals surface area contributed by atoms with E-state index in [-0.39, 0.29) is 0 Å². The van der Waals surface area contributed by atoms with Crippen molar-refractivity contribution in [2.75, 3.05) is 0 Å². The van der Waals surface area contributed by atoms with Crippen LogP contribution in [0.2, 0.25) is 31.9 Å². The van der Waals surface area contributed by atoms with E-state index >= 15 is 0 Å². The Morgan fingerprint density at radius 1 is 1.09 bits per heavy atom. The second kappa shape index (κ2) is 2.81. The minimum Gasteiger partial charge on any atom is -0.353 e. The lowest BCUT2D eigenvalue weighted by molar-refractivity contribution is 0.396. The summed E-state index contributed by atoms with van der Waals surface area (Å²) in [7, 11) is -5.37. The van der Waals surface area contributed by atoms with Gasteiger partial charge in [0.15, 0.2) is 16.6 Å². The van der Waals surface area contributed by atoms with Crippen LogP contribution in [0.25, 0.3) is 0 Å². The highest BCUT2D eigenvalue weighted by molar-refractivity contribution is 7.39. The van der Waals surface area contributed by atoms with Gasteiger partial charge in [0.05, 0.1) is 0 Å². The molecule has 0 aromatic heterocycles. The van der Waals surface area contributed by atoms with E-state index in [1.54, 1.807) is 0 Å². The minimum absolute atomic E-state index is 1.05. The highest BCUT2D eigenvalue weighted by atomic mass is 31.1. The lowest BCUT2D eigenvalue weighted by Gasteiger charge is -2.36. The fraction of sp³-hybridized carbons (Fsp3) is 1.00. The maximum atomic E-state index is 11.1. The van der Waals surface area contributed by atoms with Gasteiger partial charge in [-0.15, -0.1) is 0 Å². The molecule has 0 unspecified atom stereocenters. The topological polar surface area (TPSA) is 35.5 Å². The molecule has 0 bridgehead atoms. The van der Waals surface area contributed by atoms with Crippen LogP contribution in [0.1, 0.15) is 0 Å². The van der Waals surface area contributed by atoms with Gasteiger partial charge in [-0.05, 0) is 31.9 Å². The predicted molar refractivity (Wildman–Crippen MR) is 50.9 cm³/mol. The maximum Gasteiger partial charge on any atom is 0.299 e. The van der Waals surface area contributed by atoms with Crippen molar-refractivity contribution in [3.8, 4) is 0 Å². The molecule has 0 spiro atoms. The summed E-state index contributed by atoms with van der Waals surface area (Å²) in [5.41, 5.74) is 1.05. The van der Waals surface area contributed by atoms with Crippen LogP contribution in [0.4, 0.5) is 0 Å². The molecule has 1 rings (SSSR count). The van der Waals surface area contributed by atoms with Gasteiger partial charge in [0, 0.05) is 0 Å². The summed E-state index contributed by atoms with van der Waals surface area (Å²) >= 11 is 0. The van der Waals surface area contributed by atoms with Crippen molar-refractivity contribution in [3.05, 3.63) is 0 Å². The van der Waals surface area contributed by atoms with E-state index in [9.17, 15) is 4.57 Å². The third kappa shape index (κ3) is 2.84. The van der Waals surface area contributed by atoms with Gasteiger partial charge >= 0.3 is 0 Å². The zero-order chi connectivity index (χ0) is 8.70. The zero-order valence-corrected chi connectivity index (χ0v) is 10.4. The molecule has 1 aliphatic rings. The number of hydrogen-bond donors (Lipinski definition) is 0. The van der Waals surface area contributed by atoms with Crippen molar-refractivity contribution in [2.24, 2.45) is 0 Å². The molecule has 0 aromatic rings. The predicted octanol–water partition coefficient (Wildman–Crippen LogP) is 2.37. The first kappa shape index (κ1) is 9.67. The van der Waals surface area contributed by atoms with Crippen molar-refractivity contribution < 1.29 is 13.0 Å². The van der Waals surface area contributed by atoms with Crippen LogP contribution >= 0.6 is 8.25 Å². The Morgan fingerprint density at radius 2 is 1.45 bits per heavy atom. The standard InChI is InChI=1S/C5H15O3PSi2/c1-10(2)5-11(3,4)8-9(6)7-10/h9H,5H2,1-4H3. The summed E-state index contributed by atoms with van der Waals surface area (Å²) in [5.74, 6) is 0. The first-order valence-corrected chi connectivity index (χ1v) is 11.2. The average molecular weight is 210 g/mol. The molecular weight excluding hydrogens is 195 g/mol. The normalized spacial score (nSPS) is 30.2. The van der Waals surface area contributed by atoms with Gasteiger partial charge in [0.25, 0.3) is 8.25 Å². The smallest absolute Gasteiger partial charge is 0.299 e. The quantitative estimate of drug-likeness (QED) is 0.455. The Kier molecular flexibility index (Phi) is 2.47. The molecule has 1 saturated heterocycles. The second-order valence-electron chi connectivity index (χ2n) is 4.15. The first-order valence-electron chi connectivity index (χ1n) is 3.73. The molecule has 0 aromatic carbocycles. The summed E-state index contributed by atoms with van der Waals surface area (Å²) in [6, 6.07) is 0. The van der Waals surface area contributed by atoms with Crippen LogP contribution in [0.5, 0.6) is 0 Å². The molecule has 66 valence electrons. The van der Waals surface area contributed by atoms with Crippen molar-refractivity contribution in [2.45, 2.75) is 31.9 Å². The molecule has 3 nitrogen and oxygen atoms in total. The molecule has 0 saturated carbocycles.